The summed E-state index contributed by atoms with van der Waals surface area (Å²) in [7, 11) is 0. The lowest BCUT2D eigenvalue weighted by molar-refractivity contribution is -0.124. The second-order valence-corrected chi connectivity index (χ2v) is 4.29. The molecule has 1 aliphatic rings. The van der Waals surface area contributed by atoms with Gasteiger partial charge in [0, 0.05) is 11.8 Å². The maximum Gasteiger partial charge on any atom is 0.246 e. The molecule has 1 nitrogen and oxygen atoms in total. The van der Waals surface area contributed by atoms with Crippen molar-refractivity contribution in [2.75, 3.05) is 0 Å². The van der Waals surface area contributed by atoms with Gasteiger partial charge in [-0.1, -0.05) is 19.3 Å². The van der Waals surface area contributed by atoms with Gasteiger partial charge in [-0.15, -0.1) is 0 Å². The molecule has 0 N–H and O–H groups in total. The van der Waals surface area contributed by atoms with Crippen molar-refractivity contribution < 1.29 is 13.6 Å². The Morgan fingerprint density at radius 1 is 1.31 bits per heavy atom. The van der Waals surface area contributed by atoms with E-state index in [0.29, 0.717) is 12.8 Å². The maximum atomic E-state index is 12.8. The van der Waals surface area contributed by atoms with Gasteiger partial charge in [-0.25, -0.2) is 8.78 Å². The van der Waals surface area contributed by atoms with Crippen molar-refractivity contribution in [3.63, 3.8) is 0 Å². The number of hydrogen-bond acceptors (Lipinski definition) is 1. The largest absolute Gasteiger partial charge is 0.303 e. The smallest absolute Gasteiger partial charge is 0.246 e. The first-order valence-corrected chi connectivity index (χ1v) is 4.82. The highest BCUT2D eigenvalue weighted by Crippen LogP contribution is 2.42. The maximum absolute atomic E-state index is 12.8. The highest BCUT2D eigenvalue weighted by atomic mass is 19.3. The van der Waals surface area contributed by atoms with Crippen LogP contribution < -0.4 is 0 Å². The van der Waals surface area contributed by atoms with E-state index < -0.39 is 11.3 Å². The summed E-state index contributed by atoms with van der Waals surface area (Å²) in [5, 5.41) is 0. The van der Waals surface area contributed by atoms with E-state index in [4.69, 9.17) is 0 Å². The standard InChI is InChI=1S/C10H16F2O/c1-9(11,12)7-10(8-13)5-3-2-4-6-10/h8H,2-7H2,1H3. The third-order valence-electron chi connectivity index (χ3n) is 2.76. The van der Waals surface area contributed by atoms with Crippen molar-refractivity contribution in [2.24, 2.45) is 5.41 Å². The zero-order valence-corrected chi connectivity index (χ0v) is 7.98. The average Bonchev–Trinajstić information content (AvgIpc) is 2.03. The SMILES string of the molecule is CC(F)(F)CC1(C=O)CCCCC1. The third kappa shape index (κ3) is 3.05. The van der Waals surface area contributed by atoms with Crippen LogP contribution in [0.5, 0.6) is 0 Å². The number of carbonyl (C=O) groups is 1. The molecule has 0 aromatic heterocycles. The molecule has 0 aliphatic heterocycles. The Bertz CT molecular complexity index is 178. The second kappa shape index (κ2) is 3.72. The Hall–Kier alpha value is -0.470. The molecule has 0 heterocycles. The molecule has 0 saturated heterocycles. The predicted molar refractivity (Wildman–Crippen MR) is 46.8 cm³/mol. The van der Waals surface area contributed by atoms with E-state index in [9.17, 15) is 13.6 Å². The highest BCUT2D eigenvalue weighted by molar-refractivity contribution is 5.59. The van der Waals surface area contributed by atoms with E-state index in [1.807, 2.05) is 0 Å². The van der Waals surface area contributed by atoms with E-state index in [-0.39, 0.29) is 6.42 Å². The molecule has 1 saturated carbocycles. The van der Waals surface area contributed by atoms with E-state index in [1.165, 1.54) is 0 Å². The van der Waals surface area contributed by atoms with Gasteiger partial charge in [0.25, 0.3) is 0 Å². The van der Waals surface area contributed by atoms with Crippen LogP contribution in [0, 0.1) is 5.41 Å². The zero-order chi connectivity index (χ0) is 9.95. The molecule has 0 bridgehead atoms. The van der Waals surface area contributed by atoms with Crippen LogP contribution in [0.2, 0.25) is 0 Å². The number of alkyl halides is 2. The molecular weight excluding hydrogens is 174 g/mol. The van der Waals surface area contributed by atoms with Crippen LogP contribution in [-0.4, -0.2) is 12.2 Å². The number of rotatable bonds is 3. The molecule has 0 atom stereocenters. The van der Waals surface area contributed by atoms with Gasteiger partial charge in [0.15, 0.2) is 0 Å². The van der Waals surface area contributed by atoms with Crippen LogP contribution in [0.15, 0.2) is 0 Å². The molecule has 0 aromatic rings. The summed E-state index contributed by atoms with van der Waals surface area (Å²) in [5.41, 5.74) is -0.726. The van der Waals surface area contributed by atoms with Gasteiger partial charge < -0.3 is 4.79 Å². The topological polar surface area (TPSA) is 17.1 Å². The fourth-order valence-electron chi connectivity index (χ4n) is 2.21. The highest BCUT2D eigenvalue weighted by Gasteiger charge is 2.39. The second-order valence-electron chi connectivity index (χ2n) is 4.29. The number of hydrogen-bond donors (Lipinski definition) is 0. The van der Waals surface area contributed by atoms with Crippen molar-refractivity contribution >= 4 is 6.29 Å². The quantitative estimate of drug-likeness (QED) is 0.625. The summed E-state index contributed by atoms with van der Waals surface area (Å²) in [4.78, 5) is 10.8. The zero-order valence-electron chi connectivity index (χ0n) is 7.98. The van der Waals surface area contributed by atoms with Gasteiger partial charge in [0.2, 0.25) is 5.92 Å². The minimum Gasteiger partial charge on any atom is -0.303 e. The Labute approximate surface area is 77.5 Å². The summed E-state index contributed by atoms with van der Waals surface area (Å²) in [5.74, 6) is -2.71. The van der Waals surface area contributed by atoms with Gasteiger partial charge in [0.1, 0.15) is 6.29 Å². The summed E-state index contributed by atoms with van der Waals surface area (Å²) in [6, 6.07) is 0. The van der Waals surface area contributed by atoms with Crippen molar-refractivity contribution in [1.82, 2.24) is 0 Å². The van der Waals surface area contributed by atoms with Crippen molar-refractivity contribution in [3.8, 4) is 0 Å². The molecule has 0 amide bonds. The summed E-state index contributed by atoms with van der Waals surface area (Å²) in [6.07, 6.45) is 4.65. The van der Waals surface area contributed by atoms with Gasteiger partial charge in [-0.2, -0.15) is 0 Å². The van der Waals surface area contributed by atoms with Crippen LogP contribution in [0.4, 0.5) is 8.78 Å². The molecule has 13 heavy (non-hydrogen) atoms. The van der Waals surface area contributed by atoms with Crippen LogP contribution >= 0.6 is 0 Å². The third-order valence-corrected chi connectivity index (χ3v) is 2.76. The minimum atomic E-state index is -2.71. The molecule has 1 rings (SSSR count). The Balaban J connectivity index is 2.63. The van der Waals surface area contributed by atoms with Gasteiger partial charge in [-0.3, -0.25) is 0 Å². The van der Waals surface area contributed by atoms with Gasteiger partial charge in [0.05, 0.1) is 0 Å². The first kappa shape index (κ1) is 10.6. The lowest BCUT2D eigenvalue weighted by Gasteiger charge is -2.33. The Morgan fingerprint density at radius 3 is 2.23 bits per heavy atom. The van der Waals surface area contributed by atoms with Crippen LogP contribution in [0.25, 0.3) is 0 Å². The van der Waals surface area contributed by atoms with Crippen LogP contribution in [-0.2, 0) is 4.79 Å². The normalized spacial score (nSPS) is 22.7. The van der Waals surface area contributed by atoms with Crippen molar-refractivity contribution in [3.05, 3.63) is 0 Å². The first-order valence-electron chi connectivity index (χ1n) is 4.82. The first-order chi connectivity index (χ1) is 5.97. The van der Waals surface area contributed by atoms with Gasteiger partial charge in [-0.05, 0) is 19.8 Å². The van der Waals surface area contributed by atoms with E-state index >= 15 is 0 Å². The molecule has 76 valence electrons. The molecule has 0 spiro atoms. The predicted octanol–water partition coefficient (Wildman–Crippen LogP) is 3.18. The van der Waals surface area contributed by atoms with E-state index in [1.54, 1.807) is 0 Å². The van der Waals surface area contributed by atoms with E-state index in [0.717, 1.165) is 32.5 Å². The minimum absolute atomic E-state index is 0.274. The lowest BCUT2D eigenvalue weighted by atomic mass is 9.72. The Kier molecular flexibility index (Phi) is 3.04. The average molecular weight is 190 g/mol. The summed E-state index contributed by atoms with van der Waals surface area (Å²) < 4.78 is 25.6. The number of carbonyl (C=O) groups excluding carboxylic acids is 1. The lowest BCUT2D eigenvalue weighted by Crippen LogP contribution is -2.32. The van der Waals surface area contributed by atoms with Crippen molar-refractivity contribution in [1.29, 1.82) is 0 Å². The fourth-order valence-corrected chi connectivity index (χ4v) is 2.21. The van der Waals surface area contributed by atoms with Crippen molar-refractivity contribution in [2.45, 2.75) is 51.4 Å². The monoisotopic (exact) mass is 190 g/mol. The molecule has 1 aliphatic carbocycles. The van der Waals surface area contributed by atoms with Crippen LogP contribution in [0.1, 0.15) is 45.4 Å². The number of aldehydes is 1. The molecule has 1 fully saturated rings. The summed E-state index contributed by atoms with van der Waals surface area (Å²) in [6.45, 7) is 0.896. The Morgan fingerprint density at radius 2 is 1.85 bits per heavy atom. The fraction of sp³-hybridized carbons (Fsp3) is 0.900. The molecule has 0 radical (unpaired) electrons. The molecule has 0 aromatic carbocycles. The molecular formula is C10H16F2O. The van der Waals surface area contributed by atoms with E-state index in [2.05, 4.69) is 0 Å². The molecule has 0 unspecified atom stereocenters. The molecule has 3 heteroatoms. The number of halogens is 2. The van der Waals surface area contributed by atoms with Gasteiger partial charge >= 0.3 is 0 Å². The van der Waals surface area contributed by atoms with Crippen LogP contribution in [0.3, 0.4) is 0 Å². The summed E-state index contributed by atoms with van der Waals surface area (Å²) >= 11 is 0.